The van der Waals surface area contributed by atoms with Gasteiger partial charge in [0.25, 0.3) is 0 Å². The molecule has 34 heavy (non-hydrogen) atoms. The van der Waals surface area contributed by atoms with Gasteiger partial charge in [-0.15, -0.1) is 0 Å². The molecule has 3 rings (SSSR count). The van der Waals surface area contributed by atoms with E-state index in [4.69, 9.17) is 25.9 Å². The number of carbonyl (C=O) groups excluding carboxylic acids is 2. The first-order chi connectivity index (χ1) is 15.7. The van der Waals surface area contributed by atoms with Gasteiger partial charge in [0.15, 0.2) is 0 Å². The van der Waals surface area contributed by atoms with Crippen molar-refractivity contribution in [1.82, 2.24) is 9.97 Å². The molecule has 3 heterocycles. The first-order valence-electron chi connectivity index (χ1n) is 11.8. The molecule has 0 aliphatic carbocycles. The minimum atomic E-state index is -0.614. The van der Waals surface area contributed by atoms with Crippen LogP contribution in [0.15, 0.2) is 6.07 Å². The average molecular weight is 478 g/mol. The fourth-order valence-electron chi connectivity index (χ4n) is 4.23. The first kappa shape index (κ1) is 26.0. The van der Waals surface area contributed by atoms with E-state index in [-0.39, 0.29) is 11.9 Å². The highest BCUT2D eigenvalue weighted by molar-refractivity contribution is 5.76. The number of nitrogens with zero attached hydrogens (tertiary/aromatic N) is 4. The highest BCUT2D eigenvalue weighted by Gasteiger charge is 2.42. The Balaban J connectivity index is 1.81. The van der Waals surface area contributed by atoms with Crippen LogP contribution in [0, 0.1) is 11.8 Å². The van der Waals surface area contributed by atoms with Gasteiger partial charge in [-0.05, 0) is 54.4 Å². The summed E-state index contributed by atoms with van der Waals surface area (Å²) in [5, 5.41) is 3.05. The Morgan fingerprint density at radius 1 is 0.912 bits per heavy atom. The summed E-state index contributed by atoms with van der Waals surface area (Å²) < 4.78 is 11.1. The van der Waals surface area contributed by atoms with E-state index in [0.717, 1.165) is 0 Å². The zero-order chi connectivity index (χ0) is 25.4. The maximum absolute atomic E-state index is 12.6. The number of esters is 2. The SMILES string of the molecule is CNc1cc(N2CCC(C(=O)OC(C)(C)C)C2N)nc(N2CCC(C(=O)OC(C)(C)C)C2N)n1. The van der Waals surface area contributed by atoms with Gasteiger partial charge in [-0.1, -0.05) is 0 Å². The summed E-state index contributed by atoms with van der Waals surface area (Å²) in [4.78, 5) is 38.3. The zero-order valence-electron chi connectivity index (χ0n) is 21.3. The molecule has 2 aliphatic rings. The van der Waals surface area contributed by atoms with Crippen molar-refractivity contribution in [2.24, 2.45) is 23.3 Å². The van der Waals surface area contributed by atoms with Crippen LogP contribution in [0.25, 0.3) is 0 Å². The number of aromatic nitrogens is 2. The maximum Gasteiger partial charge on any atom is 0.313 e. The van der Waals surface area contributed by atoms with Gasteiger partial charge in [0, 0.05) is 26.2 Å². The topological polar surface area (TPSA) is 149 Å². The number of hydrogen-bond donors (Lipinski definition) is 3. The summed E-state index contributed by atoms with van der Waals surface area (Å²) in [6, 6.07) is 1.79. The van der Waals surface area contributed by atoms with Gasteiger partial charge in [-0.2, -0.15) is 9.97 Å². The van der Waals surface area contributed by atoms with Crippen LogP contribution in [0.2, 0.25) is 0 Å². The molecule has 0 aromatic carbocycles. The minimum Gasteiger partial charge on any atom is -0.460 e. The van der Waals surface area contributed by atoms with E-state index in [9.17, 15) is 9.59 Å². The molecule has 0 spiro atoms. The first-order valence-corrected chi connectivity index (χ1v) is 11.8. The van der Waals surface area contributed by atoms with E-state index in [0.29, 0.717) is 43.5 Å². The predicted molar refractivity (Wildman–Crippen MR) is 130 cm³/mol. The van der Waals surface area contributed by atoms with E-state index in [1.54, 1.807) is 13.1 Å². The summed E-state index contributed by atoms with van der Waals surface area (Å²) >= 11 is 0. The molecule has 190 valence electrons. The number of carbonyl (C=O) groups is 2. The molecule has 4 atom stereocenters. The molecule has 0 amide bonds. The van der Waals surface area contributed by atoms with E-state index in [1.807, 2.05) is 51.3 Å². The summed E-state index contributed by atoms with van der Waals surface area (Å²) in [5.74, 6) is -0.00647. The highest BCUT2D eigenvalue weighted by Crippen LogP contribution is 2.33. The Morgan fingerprint density at radius 2 is 1.38 bits per heavy atom. The molecule has 11 heteroatoms. The van der Waals surface area contributed by atoms with Gasteiger partial charge in [0.05, 0.1) is 24.2 Å². The summed E-state index contributed by atoms with van der Waals surface area (Å²) in [5.41, 5.74) is 11.7. The van der Waals surface area contributed by atoms with Crippen molar-refractivity contribution in [3.05, 3.63) is 6.07 Å². The number of rotatable bonds is 5. The maximum atomic E-state index is 12.6. The predicted octanol–water partition coefficient (Wildman–Crippen LogP) is 1.42. The van der Waals surface area contributed by atoms with Gasteiger partial charge in [-0.25, -0.2) is 0 Å². The molecule has 2 saturated heterocycles. The van der Waals surface area contributed by atoms with Crippen LogP contribution in [0.1, 0.15) is 54.4 Å². The van der Waals surface area contributed by atoms with Gasteiger partial charge in [0.2, 0.25) is 5.95 Å². The van der Waals surface area contributed by atoms with Gasteiger partial charge >= 0.3 is 11.9 Å². The van der Waals surface area contributed by atoms with Gasteiger partial charge in [0.1, 0.15) is 22.8 Å². The lowest BCUT2D eigenvalue weighted by molar-refractivity contribution is -0.161. The Morgan fingerprint density at radius 3 is 1.85 bits per heavy atom. The van der Waals surface area contributed by atoms with Crippen LogP contribution in [0.5, 0.6) is 0 Å². The van der Waals surface area contributed by atoms with Crippen LogP contribution in [-0.2, 0) is 19.1 Å². The third kappa shape index (κ3) is 5.87. The van der Waals surface area contributed by atoms with Crippen molar-refractivity contribution in [3.63, 3.8) is 0 Å². The number of nitrogens with two attached hydrogens (primary N) is 2. The quantitative estimate of drug-likeness (QED) is 0.529. The van der Waals surface area contributed by atoms with Crippen LogP contribution >= 0.6 is 0 Å². The molecule has 5 N–H and O–H groups in total. The molecule has 4 unspecified atom stereocenters. The average Bonchev–Trinajstić information content (AvgIpc) is 3.27. The second-order valence-electron chi connectivity index (χ2n) is 10.9. The fraction of sp³-hybridized carbons (Fsp3) is 0.739. The smallest absolute Gasteiger partial charge is 0.313 e. The Bertz CT molecular complexity index is 843. The summed E-state index contributed by atoms with van der Waals surface area (Å²) in [6.07, 6.45) is -0.0860. The van der Waals surface area contributed by atoms with Crippen molar-refractivity contribution in [1.29, 1.82) is 0 Å². The number of anilines is 3. The molecule has 2 fully saturated rings. The van der Waals surface area contributed by atoms with Gasteiger partial charge < -0.3 is 36.1 Å². The van der Waals surface area contributed by atoms with Crippen molar-refractivity contribution in [3.8, 4) is 0 Å². The molecule has 11 nitrogen and oxygen atoms in total. The van der Waals surface area contributed by atoms with Crippen molar-refractivity contribution in [2.45, 2.75) is 77.9 Å². The highest BCUT2D eigenvalue weighted by atomic mass is 16.6. The Hall–Kier alpha value is -2.66. The summed E-state index contributed by atoms with van der Waals surface area (Å²) in [6.45, 7) is 12.1. The van der Waals surface area contributed by atoms with Crippen LogP contribution < -0.4 is 26.6 Å². The Labute approximate surface area is 201 Å². The molecule has 0 radical (unpaired) electrons. The third-order valence-electron chi connectivity index (χ3n) is 5.83. The number of ether oxygens (including phenoxy) is 2. The molecule has 0 bridgehead atoms. The second kappa shape index (κ2) is 9.53. The van der Waals surface area contributed by atoms with E-state index in [1.165, 1.54) is 0 Å². The lowest BCUT2D eigenvalue weighted by Crippen LogP contribution is -2.46. The third-order valence-corrected chi connectivity index (χ3v) is 5.83. The van der Waals surface area contributed by atoms with Crippen LogP contribution in [0.3, 0.4) is 0 Å². The molecule has 0 saturated carbocycles. The summed E-state index contributed by atoms with van der Waals surface area (Å²) in [7, 11) is 1.76. The largest absolute Gasteiger partial charge is 0.460 e. The normalized spacial score (nSPS) is 25.4. The second-order valence-corrected chi connectivity index (χ2v) is 10.9. The standard InChI is InChI=1S/C23H39N7O4/c1-22(2,3)33-19(31)13-8-10-29(17(13)24)16-12-15(26-7)27-21(28-16)30-11-9-14(18(30)25)20(32)34-23(4,5)6/h12-14,17-18H,8-11,24-25H2,1-7H3,(H,26,27,28). The van der Waals surface area contributed by atoms with Crippen molar-refractivity contribution in [2.75, 3.05) is 35.3 Å². The number of hydrogen-bond acceptors (Lipinski definition) is 11. The number of nitrogens with one attached hydrogen (secondary N) is 1. The van der Waals surface area contributed by atoms with E-state index in [2.05, 4.69) is 10.3 Å². The fourth-order valence-corrected chi connectivity index (χ4v) is 4.23. The van der Waals surface area contributed by atoms with E-state index < -0.39 is 35.4 Å². The molecular formula is C23H39N7O4. The van der Waals surface area contributed by atoms with Crippen molar-refractivity contribution < 1.29 is 19.1 Å². The molecule has 1 aromatic rings. The zero-order valence-corrected chi connectivity index (χ0v) is 21.3. The molecular weight excluding hydrogens is 438 g/mol. The Kier molecular flexibility index (Phi) is 7.28. The van der Waals surface area contributed by atoms with E-state index >= 15 is 0 Å². The van der Waals surface area contributed by atoms with Crippen LogP contribution in [0.4, 0.5) is 17.6 Å². The van der Waals surface area contributed by atoms with Crippen molar-refractivity contribution >= 4 is 29.5 Å². The molecule has 1 aromatic heterocycles. The lowest BCUT2D eigenvalue weighted by Gasteiger charge is -2.29. The van der Waals surface area contributed by atoms with Crippen LogP contribution in [-0.4, -0.2) is 65.6 Å². The van der Waals surface area contributed by atoms with Gasteiger partial charge in [-0.3, -0.25) is 9.59 Å². The monoisotopic (exact) mass is 477 g/mol. The lowest BCUT2D eigenvalue weighted by atomic mass is 10.1. The minimum absolute atomic E-state index is 0.313. The molecule has 2 aliphatic heterocycles.